The molecule has 1 aromatic heterocycles. The van der Waals surface area contributed by atoms with Crippen LogP contribution in [0.3, 0.4) is 0 Å². The lowest BCUT2D eigenvalue weighted by atomic mass is 9.83. The van der Waals surface area contributed by atoms with Gasteiger partial charge in [0.15, 0.2) is 0 Å². The Morgan fingerprint density at radius 2 is 1.69 bits per heavy atom. The summed E-state index contributed by atoms with van der Waals surface area (Å²) in [7, 11) is 0. The number of hydrogen-bond acceptors (Lipinski definition) is 4. The largest absolute Gasteiger partial charge is 0.455 e. The first-order valence-corrected chi connectivity index (χ1v) is 12.8. The van der Waals surface area contributed by atoms with Crippen molar-refractivity contribution < 1.29 is 9.53 Å². The van der Waals surface area contributed by atoms with E-state index in [2.05, 4.69) is 34.6 Å². The van der Waals surface area contributed by atoms with Crippen molar-refractivity contribution in [2.24, 2.45) is 0 Å². The van der Waals surface area contributed by atoms with E-state index in [9.17, 15) is 4.79 Å². The number of para-hydroxylation sites is 1. The predicted molar refractivity (Wildman–Crippen MR) is 139 cm³/mol. The number of rotatable bonds is 4. The zero-order chi connectivity index (χ0) is 23.9. The molecule has 5 nitrogen and oxygen atoms in total. The molecule has 6 rings (SSSR count). The van der Waals surface area contributed by atoms with Crippen LogP contribution < -0.4 is 10.1 Å². The van der Waals surface area contributed by atoms with Gasteiger partial charge in [-0.3, -0.25) is 9.78 Å². The van der Waals surface area contributed by atoms with Gasteiger partial charge in [0.2, 0.25) is 0 Å². The molecule has 2 saturated heterocycles. The lowest BCUT2D eigenvalue weighted by molar-refractivity contribution is 0.0772. The van der Waals surface area contributed by atoms with Crippen molar-refractivity contribution in [1.82, 2.24) is 15.2 Å². The van der Waals surface area contributed by atoms with Crippen molar-refractivity contribution >= 4 is 11.5 Å². The molecule has 35 heavy (non-hydrogen) atoms. The fourth-order valence-corrected chi connectivity index (χ4v) is 5.98. The zero-order valence-corrected chi connectivity index (χ0v) is 20.4. The molecule has 3 aliphatic heterocycles. The van der Waals surface area contributed by atoms with Crippen LogP contribution in [0.4, 0.5) is 0 Å². The van der Waals surface area contributed by atoms with Gasteiger partial charge >= 0.3 is 0 Å². The van der Waals surface area contributed by atoms with E-state index in [0.717, 1.165) is 46.6 Å². The molecule has 0 spiro atoms. The first kappa shape index (κ1) is 22.1. The van der Waals surface area contributed by atoms with Crippen LogP contribution >= 0.6 is 0 Å². The van der Waals surface area contributed by atoms with E-state index in [4.69, 9.17) is 4.74 Å². The molecule has 0 radical (unpaired) electrons. The number of nitrogens with zero attached hydrogens (tertiary/aromatic N) is 2. The molecule has 1 amide bonds. The van der Waals surface area contributed by atoms with Gasteiger partial charge in [-0.05, 0) is 81.0 Å². The van der Waals surface area contributed by atoms with Crippen molar-refractivity contribution in [3.8, 4) is 22.6 Å². The molecule has 5 heteroatoms. The average Bonchev–Trinajstić information content (AvgIpc) is 3.24. The highest BCUT2D eigenvalue weighted by molar-refractivity contribution is 5.98. The standard InChI is InChI=1S/C30H31N3O2/c1-3-33(4-2)30(34)20-8-11-25-27(18-20)35-29-24(19-12-14-31-15-13-19)6-5-7-26(29)28(25)21-16-22-9-10-23(17-21)32-22/h5-8,11-15,18,22-23,32H,3-4,9-10,16-17H2,1-2H3. The summed E-state index contributed by atoms with van der Waals surface area (Å²) >= 11 is 0. The maximum atomic E-state index is 13.1. The monoisotopic (exact) mass is 465 g/mol. The molecular weight excluding hydrogens is 434 g/mol. The van der Waals surface area contributed by atoms with Gasteiger partial charge in [0, 0.05) is 59.8 Å². The van der Waals surface area contributed by atoms with Crippen molar-refractivity contribution in [2.75, 3.05) is 13.1 Å². The number of fused-ring (bicyclic) bond motifs is 4. The smallest absolute Gasteiger partial charge is 0.253 e. The van der Waals surface area contributed by atoms with E-state index in [1.165, 1.54) is 24.0 Å². The number of aromatic nitrogens is 1. The summed E-state index contributed by atoms with van der Waals surface area (Å²) in [6, 6.07) is 17.6. The predicted octanol–water partition coefficient (Wildman–Crippen LogP) is 6.05. The average molecular weight is 466 g/mol. The molecule has 0 aliphatic carbocycles. The number of benzene rings is 2. The van der Waals surface area contributed by atoms with Gasteiger partial charge in [-0.1, -0.05) is 23.8 Å². The number of pyridine rings is 1. The van der Waals surface area contributed by atoms with E-state index in [0.29, 0.717) is 30.7 Å². The Hall–Kier alpha value is -3.44. The van der Waals surface area contributed by atoms with Gasteiger partial charge in [0.05, 0.1) is 0 Å². The van der Waals surface area contributed by atoms with Gasteiger partial charge in [-0.15, -0.1) is 0 Å². The topological polar surface area (TPSA) is 54.5 Å². The van der Waals surface area contributed by atoms with Gasteiger partial charge in [-0.25, -0.2) is 0 Å². The Bertz CT molecular complexity index is 1300. The highest BCUT2D eigenvalue weighted by Gasteiger charge is 2.35. The number of piperidine rings is 1. The SMILES string of the molecule is CCN(CC)C(=O)c1ccc2c(c1)Oc1c(cccc1-c1ccncc1)C2=C1CC2CCC(C1)N2. The molecule has 0 saturated carbocycles. The van der Waals surface area contributed by atoms with Crippen molar-refractivity contribution in [1.29, 1.82) is 0 Å². The Morgan fingerprint density at radius 1 is 0.971 bits per heavy atom. The molecule has 3 aromatic rings. The summed E-state index contributed by atoms with van der Waals surface area (Å²) in [5.41, 5.74) is 7.82. The summed E-state index contributed by atoms with van der Waals surface area (Å²) in [6.45, 7) is 5.41. The van der Waals surface area contributed by atoms with Gasteiger partial charge < -0.3 is 15.0 Å². The Kier molecular flexibility index (Phi) is 5.65. The molecular formula is C30H31N3O2. The number of hydrogen-bond donors (Lipinski definition) is 1. The number of carbonyl (C=O) groups is 1. The maximum absolute atomic E-state index is 13.1. The van der Waals surface area contributed by atoms with Crippen LogP contribution in [0.1, 0.15) is 61.0 Å². The molecule has 2 fully saturated rings. The highest BCUT2D eigenvalue weighted by atomic mass is 16.5. The molecule has 178 valence electrons. The number of carbonyl (C=O) groups excluding carboxylic acids is 1. The molecule has 3 aliphatic rings. The summed E-state index contributed by atoms with van der Waals surface area (Å²) in [5.74, 6) is 1.68. The Labute approximate surface area is 206 Å². The van der Waals surface area contributed by atoms with Crippen LogP contribution in [0.25, 0.3) is 16.7 Å². The van der Waals surface area contributed by atoms with Crippen LogP contribution in [0, 0.1) is 0 Å². The van der Waals surface area contributed by atoms with Crippen LogP contribution in [-0.2, 0) is 0 Å². The highest BCUT2D eigenvalue weighted by Crippen LogP contribution is 2.51. The summed E-state index contributed by atoms with van der Waals surface area (Å²) in [5, 5.41) is 3.77. The van der Waals surface area contributed by atoms with Crippen molar-refractivity contribution in [3.05, 3.63) is 83.2 Å². The van der Waals surface area contributed by atoms with Gasteiger partial charge in [-0.2, -0.15) is 0 Å². The Morgan fingerprint density at radius 3 is 2.40 bits per heavy atom. The normalized spacial score (nSPS) is 20.2. The van der Waals surface area contributed by atoms with E-state index in [1.807, 2.05) is 55.4 Å². The fourth-order valence-electron chi connectivity index (χ4n) is 5.98. The molecule has 2 atom stereocenters. The third-order valence-electron chi connectivity index (χ3n) is 7.71. The van der Waals surface area contributed by atoms with Crippen LogP contribution in [0.2, 0.25) is 0 Å². The summed E-state index contributed by atoms with van der Waals surface area (Å²) in [6.07, 6.45) is 8.24. The third kappa shape index (κ3) is 3.84. The second-order valence-electron chi connectivity index (χ2n) is 9.73. The van der Waals surface area contributed by atoms with E-state index in [-0.39, 0.29) is 5.91 Å². The molecule has 1 N–H and O–H groups in total. The van der Waals surface area contributed by atoms with Crippen LogP contribution in [-0.4, -0.2) is 41.0 Å². The van der Waals surface area contributed by atoms with Crippen LogP contribution in [0.15, 0.2) is 66.5 Å². The quantitative estimate of drug-likeness (QED) is 0.398. The first-order valence-electron chi connectivity index (χ1n) is 12.8. The number of amides is 1. The second-order valence-corrected chi connectivity index (χ2v) is 9.73. The van der Waals surface area contributed by atoms with Crippen LogP contribution in [0.5, 0.6) is 11.5 Å². The van der Waals surface area contributed by atoms with E-state index in [1.54, 1.807) is 0 Å². The lowest BCUT2D eigenvalue weighted by Crippen LogP contribution is -2.35. The summed E-state index contributed by atoms with van der Waals surface area (Å²) < 4.78 is 6.65. The molecule has 2 unspecified atom stereocenters. The van der Waals surface area contributed by atoms with Gasteiger partial charge in [0.1, 0.15) is 11.5 Å². The minimum atomic E-state index is 0.0451. The number of ether oxygens (including phenoxy) is 1. The lowest BCUT2D eigenvalue weighted by Gasteiger charge is -2.31. The maximum Gasteiger partial charge on any atom is 0.253 e. The molecule has 2 bridgehead atoms. The minimum absolute atomic E-state index is 0.0451. The molecule has 2 aromatic carbocycles. The fraction of sp³-hybridized carbons (Fsp3) is 0.333. The minimum Gasteiger partial charge on any atom is -0.455 e. The Balaban J connectivity index is 1.53. The van der Waals surface area contributed by atoms with Gasteiger partial charge in [0.25, 0.3) is 5.91 Å². The summed E-state index contributed by atoms with van der Waals surface area (Å²) in [4.78, 5) is 19.2. The third-order valence-corrected chi connectivity index (χ3v) is 7.71. The number of nitrogens with one attached hydrogen (secondary N) is 1. The van der Waals surface area contributed by atoms with Crippen molar-refractivity contribution in [2.45, 2.75) is 51.6 Å². The van der Waals surface area contributed by atoms with Crippen molar-refractivity contribution in [3.63, 3.8) is 0 Å². The zero-order valence-electron chi connectivity index (χ0n) is 20.4. The second kappa shape index (κ2) is 8.97. The van der Waals surface area contributed by atoms with E-state index < -0.39 is 0 Å². The van der Waals surface area contributed by atoms with E-state index >= 15 is 0 Å². The molecule has 4 heterocycles. The first-order chi connectivity index (χ1) is 17.2.